The third-order valence-corrected chi connectivity index (χ3v) is 5.38. The van der Waals surface area contributed by atoms with Crippen LogP contribution in [0.25, 0.3) is 0 Å². The van der Waals surface area contributed by atoms with Gasteiger partial charge in [0.2, 0.25) is 0 Å². The Balaban J connectivity index is 1.37. The maximum Gasteiger partial charge on any atom is 0.331 e. The Bertz CT molecular complexity index is 1260. The van der Waals surface area contributed by atoms with Crippen molar-refractivity contribution in [3.63, 3.8) is 0 Å². The van der Waals surface area contributed by atoms with E-state index in [2.05, 4.69) is 5.32 Å². The molecule has 0 saturated carbocycles. The predicted molar refractivity (Wildman–Crippen MR) is 125 cm³/mol. The van der Waals surface area contributed by atoms with Crippen LogP contribution in [0.1, 0.15) is 27.0 Å². The van der Waals surface area contributed by atoms with Crippen LogP contribution in [-0.4, -0.2) is 35.8 Å². The number of carbonyl (C=O) groups is 4. The Morgan fingerprint density at radius 2 is 1.63 bits per heavy atom. The Morgan fingerprint density at radius 1 is 0.914 bits per heavy atom. The first-order valence-corrected chi connectivity index (χ1v) is 10.8. The molecule has 9 heteroatoms. The molecule has 0 unspecified atom stereocenters. The lowest BCUT2D eigenvalue weighted by Crippen LogP contribution is -2.30. The van der Waals surface area contributed by atoms with E-state index in [0.717, 1.165) is 21.8 Å². The molecule has 0 atom stereocenters. The van der Waals surface area contributed by atoms with E-state index < -0.39 is 17.8 Å². The molecule has 1 aliphatic rings. The van der Waals surface area contributed by atoms with Crippen LogP contribution in [-0.2, 0) is 29.3 Å². The maximum atomic E-state index is 12.9. The fourth-order valence-corrected chi connectivity index (χ4v) is 3.51. The molecule has 3 aromatic rings. The van der Waals surface area contributed by atoms with Crippen LogP contribution in [0.5, 0.6) is 11.5 Å². The molecule has 5 amide bonds. The van der Waals surface area contributed by atoms with Gasteiger partial charge in [-0.3, -0.25) is 24.6 Å². The number of ether oxygens (including phenoxy) is 2. The van der Waals surface area contributed by atoms with Crippen molar-refractivity contribution in [3.8, 4) is 11.5 Å². The summed E-state index contributed by atoms with van der Waals surface area (Å²) in [4.78, 5) is 48.7. The molecule has 1 fully saturated rings. The molecular weight excluding hydrogens is 450 g/mol. The highest BCUT2D eigenvalue weighted by atomic mass is 16.5. The minimum atomic E-state index is -0.974. The molecule has 3 aromatic carbocycles. The van der Waals surface area contributed by atoms with E-state index in [1.54, 1.807) is 12.1 Å². The largest absolute Gasteiger partial charge is 0.496 e. The molecule has 0 spiro atoms. The molecule has 1 saturated heterocycles. The Labute approximate surface area is 201 Å². The van der Waals surface area contributed by atoms with Gasteiger partial charge in [-0.25, -0.2) is 4.79 Å². The summed E-state index contributed by atoms with van der Waals surface area (Å²) >= 11 is 0. The smallest absolute Gasteiger partial charge is 0.331 e. The van der Waals surface area contributed by atoms with Gasteiger partial charge in [-0.2, -0.15) is 0 Å². The van der Waals surface area contributed by atoms with Gasteiger partial charge in [0.05, 0.1) is 19.2 Å². The lowest BCUT2D eigenvalue weighted by molar-refractivity contribution is -0.140. The summed E-state index contributed by atoms with van der Waals surface area (Å²) in [5, 5.41) is 4.78. The van der Waals surface area contributed by atoms with Crippen LogP contribution in [0.2, 0.25) is 0 Å². The van der Waals surface area contributed by atoms with E-state index in [4.69, 9.17) is 9.47 Å². The summed E-state index contributed by atoms with van der Waals surface area (Å²) in [6, 6.07) is 21.2. The molecule has 0 aromatic heterocycles. The molecule has 1 heterocycles. The molecule has 1 aliphatic heterocycles. The van der Waals surface area contributed by atoms with Gasteiger partial charge in [0.15, 0.2) is 0 Å². The number of amides is 5. The normalized spacial score (nSPS) is 12.9. The third-order valence-electron chi connectivity index (χ3n) is 5.38. The minimum Gasteiger partial charge on any atom is -0.496 e. The predicted octanol–water partition coefficient (Wildman–Crippen LogP) is 2.78. The molecule has 2 N–H and O–H groups in total. The van der Waals surface area contributed by atoms with E-state index in [9.17, 15) is 19.2 Å². The second kappa shape index (κ2) is 10.5. The number of rotatable bonds is 9. The quantitative estimate of drug-likeness (QED) is 0.365. The zero-order valence-corrected chi connectivity index (χ0v) is 18.9. The average molecular weight is 473 g/mol. The molecule has 0 radical (unpaired) electrons. The van der Waals surface area contributed by atoms with E-state index in [-0.39, 0.29) is 24.6 Å². The van der Waals surface area contributed by atoms with Gasteiger partial charge < -0.3 is 14.8 Å². The first-order valence-electron chi connectivity index (χ1n) is 10.8. The average Bonchev–Trinajstić information content (AvgIpc) is 3.13. The lowest BCUT2D eigenvalue weighted by atomic mass is 10.1. The summed E-state index contributed by atoms with van der Waals surface area (Å²) in [7, 11) is 1.44. The van der Waals surface area contributed by atoms with E-state index in [1.165, 1.54) is 13.2 Å². The van der Waals surface area contributed by atoms with Crippen LogP contribution in [0.3, 0.4) is 0 Å². The SMILES string of the molecule is COc1ccc(CN2C(=O)NC(=O)C2=O)cc1C(=O)NCc1ccc(OCc2ccccc2)cc1. The van der Waals surface area contributed by atoms with Gasteiger partial charge in [0.1, 0.15) is 18.1 Å². The van der Waals surface area contributed by atoms with Crippen molar-refractivity contribution < 1.29 is 28.7 Å². The van der Waals surface area contributed by atoms with E-state index in [1.807, 2.05) is 59.9 Å². The summed E-state index contributed by atoms with van der Waals surface area (Å²) in [6.07, 6.45) is 0. The van der Waals surface area contributed by atoms with Crippen molar-refractivity contribution in [3.05, 3.63) is 95.1 Å². The molecule has 0 bridgehead atoms. The highest BCUT2D eigenvalue weighted by molar-refractivity contribution is 6.44. The van der Waals surface area contributed by atoms with Crippen molar-refractivity contribution in [1.82, 2.24) is 15.5 Å². The van der Waals surface area contributed by atoms with Crippen LogP contribution >= 0.6 is 0 Å². The van der Waals surface area contributed by atoms with Crippen molar-refractivity contribution in [1.29, 1.82) is 0 Å². The Hall–Kier alpha value is -4.66. The summed E-state index contributed by atoms with van der Waals surface area (Å²) in [5.74, 6) is -1.24. The number of nitrogens with zero attached hydrogens (tertiary/aromatic N) is 1. The van der Waals surface area contributed by atoms with Crippen molar-refractivity contribution >= 4 is 23.8 Å². The van der Waals surface area contributed by atoms with Crippen LogP contribution in [0.4, 0.5) is 4.79 Å². The summed E-state index contributed by atoms with van der Waals surface area (Å²) in [5.41, 5.74) is 2.68. The molecular formula is C26H23N3O6. The molecule has 178 valence electrons. The van der Waals surface area contributed by atoms with E-state index >= 15 is 0 Å². The fourth-order valence-electron chi connectivity index (χ4n) is 3.51. The molecule has 4 rings (SSSR count). The van der Waals surface area contributed by atoms with Gasteiger partial charge >= 0.3 is 17.8 Å². The Morgan fingerprint density at radius 3 is 2.29 bits per heavy atom. The zero-order valence-electron chi connectivity index (χ0n) is 18.9. The minimum absolute atomic E-state index is 0.148. The number of hydrogen-bond donors (Lipinski definition) is 2. The van der Waals surface area contributed by atoms with Gasteiger partial charge in [-0.05, 0) is 41.0 Å². The number of carbonyl (C=O) groups excluding carboxylic acids is 4. The number of methoxy groups -OCH3 is 1. The lowest BCUT2D eigenvalue weighted by Gasteiger charge is -2.14. The van der Waals surface area contributed by atoms with Crippen LogP contribution in [0.15, 0.2) is 72.8 Å². The van der Waals surface area contributed by atoms with Gasteiger partial charge in [-0.1, -0.05) is 48.5 Å². The fraction of sp³-hybridized carbons (Fsp3) is 0.154. The monoisotopic (exact) mass is 473 g/mol. The number of imide groups is 2. The van der Waals surface area contributed by atoms with Crippen LogP contribution < -0.4 is 20.1 Å². The summed E-state index contributed by atoms with van der Waals surface area (Å²) < 4.78 is 11.1. The third kappa shape index (κ3) is 5.64. The van der Waals surface area contributed by atoms with Gasteiger partial charge in [-0.15, -0.1) is 0 Å². The second-order valence-electron chi connectivity index (χ2n) is 7.79. The van der Waals surface area contributed by atoms with Gasteiger partial charge in [0, 0.05) is 6.54 Å². The van der Waals surface area contributed by atoms with Crippen LogP contribution in [0, 0.1) is 0 Å². The first-order chi connectivity index (χ1) is 16.9. The van der Waals surface area contributed by atoms with Crippen molar-refractivity contribution in [2.45, 2.75) is 19.7 Å². The summed E-state index contributed by atoms with van der Waals surface area (Å²) in [6.45, 7) is 0.587. The first kappa shape index (κ1) is 23.5. The van der Waals surface area contributed by atoms with Crippen molar-refractivity contribution in [2.75, 3.05) is 7.11 Å². The number of benzene rings is 3. The van der Waals surface area contributed by atoms with E-state index in [0.29, 0.717) is 17.9 Å². The highest BCUT2D eigenvalue weighted by Crippen LogP contribution is 2.22. The maximum absolute atomic E-state index is 12.9. The van der Waals surface area contributed by atoms with Gasteiger partial charge in [0.25, 0.3) is 5.91 Å². The number of nitrogens with one attached hydrogen (secondary N) is 2. The topological polar surface area (TPSA) is 114 Å². The molecule has 35 heavy (non-hydrogen) atoms. The molecule has 9 nitrogen and oxygen atoms in total. The number of hydrogen-bond acceptors (Lipinski definition) is 6. The second-order valence-corrected chi connectivity index (χ2v) is 7.79. The highest BCUT2D eigenvalue weighted by Gasteiger charge is 2.36. The zero-order chi connectivity index (χ0) is 24.8. The molecule has 0 aliphatic carbocycles. The number of urea groups is 1. The standard InChI is InChI=1S/C26H23N3O6/c1-34-22-12-9-19(15-29-25(32)24(31)28-26(29)33)13-21(22)23(30)27-14-17-7-10-20(11-8-17)35-16-18-5-3-2-4-6-18/h2-13H,14-16H2,1H3,(H,27,30)(H,28,31,33). The van der Waals surface area contributed by atoms with Crippen molar-refractivity contribution in [2.24, 2.45) is 0 Å². The Kier molecular flexibility index (Phi) is 7.06.